The average molecular weight is 431 g/mol. The summed E-state index contributed by atoms with van der Waals surface area (Å²) in [5.74, 6) is -0.303. The van der Waals surface area contributed by atoms with Crippen LogP contribution in [0.2, 0.25) is 10.0 Å². The number of benzene rings is 2. The number of halogens is 2. The fourth-order valence-corrected chi connectivity index (χ4v) is 4.70. The molecule has 2 aromatic carbocycles. The van der Waals surface area contributed by atoms with Crippen molar-refractivity contribution in [1.29, 1.82) is 0 Å². The van der Waals surface area contributed by atoms with Crippen molar-refractivity contribution < 1.29 is 4.79 Å². The van der Waals surface area contributed by atoms with Crippen LogP contribution >= 0.6 is 34.5 Å². The van der Waals surface area contributed by atoms with Gasteiger partial charge in [0.05, 0.1) is 5.57 Å². The topological polar surface area (TPSA) is 66.7 Å². The molecule has 9 heteroatoms. The molecule has 28 heavy (non-hydrogen) atoms. The largest absolute Gasteiger partial charge is 0.334 e. The van der Waals surface area contributed by atoms with Crippen LogP contribution in [0.15, 0.2) is 52.3 Å². The molecule has 3 aromatic rings. The molecule has 0 aliphatic carbocycles. The Morgan fingerprint density at radius 1 is 1.04 bits per heavy atom. The third-order valence-electron chi connectivity index (χ3n) is 4.70. The zero-order valence-electron chi connectivity index (χ0n) is 14.3. The van der Waals surface area contributed by atoms with Gasteiger partial charge in [0, 0.05) is 27.0 Å². The van der Waals surface area contributed by atoms with Crippen molar-refractivity contribution in [2.24, 2.45) is 4.99 Å². The zero-order chi connectivity index (χ0) is 19.4. The van der Waals surface area contributed by atoms with Crippen molar-refractivity contribution in [3.63, 3.8) is 0 Å². The van der Waals surface area contributed by atoms with E-state index >= 15 is 0 Å². The van der Waals surface area contributed by atoms with E-state index in [4.69, 9.17) is 23.2 Å². The van der Waals surface area contributed by atoms with Crippen LogP contribution in [0.3, 0.4) is 0 Å². The average Bonchev–Trinajstić information content (AvgIpc) is 3.17. The van der Waals surface area contributed by atoms with E-state index in [0.717, 1.165) is 5.69 Å². The Bertz CT molecular complexity index is 1310. The van der Waals surface area contributed by atoms with Crippen molar-refractivity contribution in [1.82, 2.24) is 4.57 Å². The van der Waals surface area contributed by atoms with E-state index in [1.807, 2.05) is 17.0 Å². The lowest BCUT2D eigenvalue weighted by Crippen LogP contribution is -2.43. The number of carbonyl (C=O) groups excluding carboxylic acids is 1. The van der Waals surface area contributed by atoms with Crippen LogP contribution in [0.5, 0.6) is 0 Å². The van der Waals surface area contributed by atoms with Crippen LogP contribution in [0.1, 0.15) is 5.56 Å². The van der Waals surface area contributed by atoms with Gasteiger partial charge in [-0.25, -0.2) is 4.99 Å². The first kappa shape index (κ1) is 17.5. The number of thiazole rings is 1. The molecule has 0 saturated carbocycles. The van der Waals surface area contributed by atoms with Gasteiger partial charge in [-0.1, -0.05) is 34.5 Å². The number of nitrogens with zero attached hydrogens (tertiary/aromatic N) is 3. The van der Waals surface area contributed by atoms with E-state index in [9.17, 15) is 9.59 Å². The lowest BCUT2D eigenvalue weighted by Gasteiger charge is -2.25. The quantitative estimate of drug-likeness (QED) is 0.644. The Labute approximate surface area is 173 Å². The number of hydrogen-bond donors (Lipinski definition) is 1. The van der Waals surface area contributed by atoms with Gasteiger partial charge in [0.1, 0.15) is 17.9 Å². The smallest absolute Gasteiger partial charge is 0.272 e. The predicted molar refractivity (Wildman–Crippen MR) is 111 cm³/mol. The molecular formula is C19H12Cl2N4O2S. The number of amides is 1. The Balaban J connectivity index is 1.65. The molecule has 0 radical (unpaired) electrons. The van der Waals surface area contributed by atoms with Crippen LogP contribution < -0.4 is 25.1 Å². The molecule has 0 unspecified atom stereocenters. The molecule has 1 amide bonds. The van der Waals surface area contributed by atoms with Crippen LogP contribution in [0, 0.1) is 0 Å². The second-order valence-electron chi connectivity index (χ2n) is 6.42. The van der Waals surface area contributed by atoms with Crippen LogP contribution in [0.4, 0.5) is 11.4 Å². The summed E-state index contributed by atoms with van der Waals surface area (Å²) in [7, 11) is 0. The van der Waals surface area contributed by atoms with Gasteiger partial charge in [0.2, 0.25) is 0 Å². The zero-order valence-corrected chi connectivity index (χ0v) is 16.6. The van der Waals surface area contributed by atoms with Gasteiger partial charge in [-0.2, -0.15) is 0 Å². The van der Waals surface area contributed by atoms with E-state index in [0.29, 0.717) is 49.5 Å². The van der Waals surface area contributed by atoms with Crippen LogP contribution in [-0.2, 0) is 11.5 Å². The molecule has 0 bridgehead atoms. The summed E-state index contributed by atoms with van der Waals surface area (Å²) < 4.78 is 1.95. The van der Waals surface area contributed by atoms with Crippen LogP contribution in [-0.4, -0.2) is 17.1 Å². The highest BCUT2D eigenvalue weighted by atomic mass is 35.5. The van der Waals surface area contributed by atoms with Gasteiger partial charge < -0.3 is 10.2 Å². The maximum Gasteiger partial charge on any atom is 0.272 e. The maximum atomic E-state index is 13.1. The van der Waals surface area contributed by atoms with E-state index in [-0.39, 0.29) is 11.5 Å². The Hall–Kier alpha value is -2.61. The summed E-state index contributed by atoms with van der Waals surface area (Å²) in [5.41, 5.74) is 2.33. The molecule has 5 rings (SSSR count). The third-order valence-corrected chi connectivity index (χ3v) is 6.30. The van der Waals surface area contributed by atoms with E-state index in [2.05, 4.69) is 10.3 Å². The molecule has 2 aliphatic rings. The normalized spacial score (nSPS) is 17.1. The van der Waals surface area contributed by atoms with E-state index < -0.39 is 0 Å². The summed E-state index contributed by atoms with van der Waals surface area (Å²) in [4.78, 5) is 32.7. The first-order valence-electron chi connectivity index (χ1n) is 8.41. The molecular weight excluding hydrogens is 419 g/mol. The number of anilines is 2. The summed E-state index contributed by atoms with van der Waals surface area (Å²) >= 11 is 13.3. The minimum absolute atomic E-state index is 0.236. The minimum Gasteiger partial charge on any atom is -0.334 e. The Morgan fingerprint density at radius 2 is 1.79 bits per heavy atom. The second kappa shape index (κ2) is 6.48. The Morgan fingerprint density at radius 3 is 2.57 bits per heavy atom. The SMILES string of the molecule is O=C1Nc2ccc(Cl)cc2C1=c1sc2n(c1=O)CN(c1ccc(Cl)cc1)CN=2. The van der Waals surface area contributed by atoms with Gasteiger partial charge in [-0.15, -0.1) is 0 Å². The van der Waals surface area contributed by atoms with Gasteiger partial charge in [-0.05, 0) is 42.5 Å². The third kappa shape index (κ3) is 2.74. The van der Waals surface area contributed by atoms with Crippen molar-refractivity contribution >= 4 is 57.4 Å². The summed E-state index contributed by atoms with van der Waals surface area (Å²) in [5, 5.41) is 3.95. The second-order valence-corrected chi connectivity index (χ2v) is 8.27. The molecule has 1 N–H and O–H groups in total. The van der Waals surface area contributed by atoms with Gasteiger partial charge in [-0.3, -0.25) is 14.2 Å². The maximum absolute atomic E-state index is 13.1. The Kier molecular flexibility index (Phi) is 4.04. The van der Waals surface area contributed by atoms with Crippen molar-refractivity contribution in [2.75, 3.05) is 16.9 Å². The highest BCUT2D eigenvalue weighted by Gasteiger charge is 2.28. The molecule has 2 aliphatic heterocycles. The molecule has 0 fully saturated rings. The molecule has 0 spiro atoms. The molecule has 3 heterocycles. The molecule has 6 nitrogen and oxygen atoms in total. The van der Waals surface area contributed by atoms with Crippen LogP contribution in [0.25, 0.3) is 5.57 Å². The van der Waals surface area contributed by atoms with Crippen molar-refractivity contribution in [3.05, 3.63) is 77.8 Å². The standard InChI is InChI=1S/C19H12Cl2N4O2S/c20-10-1-4-12(5-2-10)24-8-22-19-25(9-24)18(27)16(28-19)15-13-7-11(21)3-6-14(13)23-17(15)26/h1-7H,8-9H2,(H,23,26). The first-order valence-corrected chi connectivity index (χ1v) is 9.99. The first-order chi connectivity index (χ1) is 13.5. The summed E-state index contributed by atoms with van der Waals surface area (Å²) in [6, 6.07) is 12.5. The highest BCUT2D eigenvalue weighted by Crippen LogP contribution is 2.32. The van der Waals surface area contributed by atoms with E-state index in [1.54, 1.807) is 34.9 Å². The highest BCUT2D eigenvalue weighted by molar-refractivity contribution is 7.07. The number of carbonyl (C=O) groups is 1. The number of hydrogen-bond acceptors (Lipinski definition) is 5. The van der Waals surface area contributed by atoms with Gasteiger partial charge >= 0.3 is 0 Å². The minimum atomic E-state index is -0.303. The predicted octanol–water partition coefficient (Wildman–Crippen LogP) is 2.42. The summed E-state index contributed by atoms with van der Waals surface area (Å²) in [6.07, 6.45) is 0. The van der Waals surface area contributed by atoms with Gasteiger partial charge in [0.15, 0.2) is 4.80 Å². The fraction of sp³-hybridized carbons (Fsp3) is 0.105. The lowest BCUT2D eigenvalue weighted by molar-refractivity contribution is -0.110. The molecule has 0 atom stereocenters. The van der Waals surface area contributed by atoms with E-state index in [1.165, 1.54) is 11.3 Å². The number of aromatic nitrogens is 1. The number of nitrogens with one attached hydrogen (secondary N) is 1. The van der Waals surface area contributed by atoms with Crippen molar-refractivity contribution in [3.8, 4) is 0 Å². The van der Waals surface area contributed by atoms with Crippen molar-refractivity contribution in [2.45, 2.75) is 6.67 Å². The lowest BCUT2D eigenvalue weighted by atomic mass is 10.1. The fourth-order valence-electron chi connectivity index (χ4n) is 3.34. The number of fused-ring (bicyclic) bond motifs is 2. The summed E-state index contributed by atoms with van der Waals surface area (Å²) in [6.45, 7) is 0.776. The molecule has 0 saturated heterocycles. The number of rotatable bonds is 1. The monoisotopic (exact) mass is 430 g/mol. The molecule has 140 valence electrons. The molecule has 1 aromatic heterocycles. The van der Waals surface area contributed by atoms with Gasteiger partial charge in [0.25, 0.3) is 11.5 Å².